The number of nitrogens with one attached hydrogen (secondary N) is 1. The first kappa shape index (κ1) is 16.0. The predicted octanol–water partition coefficient (Wildman–Crippen LogP) is 0.637. The second-order valence-corrected chi connectivity index (χ2v) is 6.36. The highest BCUT2D eigenvalue weighted by Gasteiger charge is 2.33. The summed E-state index contributed by atoms with van der Waals surface area (Å²) < 4.78 is 0. The Morgan fingerprint density at radius 3 is 2.70 bits per heavy atom. The van der Waals surface area contributed by atoms with Gasteiger partial charge < -0.3 is 15.3 Å². The number of aliphatic hydroxyl groups is 1. The fourth-order valence-electron chi connectivity index (χ4n) is 3.34. The topological polar surface area (TPSA) is 72.9 Å². The number of carbonyl (C=O) groups is 2. The van der Waals surface area contributed by atoms with Gasteiger partial charge in [-0.05, 0) is 18.6 Å². The summed E-state index contributed by atoms with van der Waals surface area (Å²) >= 11 is 0. The minimum Gasteiger partial charge on any atom is -0.392 e. The lowest BCUT2D eigenvalue weighted by Crippen LogP contribution is -2.50. The van der Waals surface area contributed by atoms with Crippen LogP contribution in [0.5, 0.6) is 0 Å². The van der Waals surface area contributed by atoms with Crippen molar-refractivity contribution in [1.29, 1.82) is 0 Å². The number of amides is 2. The number of anilines is 1. The lowest BCUT2D eigenvalue weighted by molar-refractivity contribution is -0.135. The molecule has 0 unspecified atom stereocenters. The predicted molar refractivity (Wildman–Crippen MR) is 87.1 cm³/mol. The third-order valence-electron chi connectivity index (χ3n) is 4.54. The monoisotopic (exact) mass is 317 g/mol. The number of β-amino-alcohol motifs (C(OH)–C–C–N with tert-alkyl or cyclic N) is 1. The molecule has 1 saturated heterocycles. The van der Waals surface area contributed by atoms with E-state index in [2.05, 4.69) is 10.2 Å². The zero-order valence-electron chi connectivity index (χ0n) is 13.4. The molecule has 1 aromatic rings. The molecule has 1 fully saturated rings. The molecule has 2 aliphatic heterocycles. The van der Waals surface area contributed by atoms with Crippen LogP contribution in [0.4, 0.5) is 5.69 Å². The molecule has 2 N–H and O–H groups in total. The molecule has 0 aliphatic carbocycles. The van der Waals surface area contributed by atoms with E-state index in [1.54, 1.807) is 6.92 Å². The quantitative estimate of drug-likeness (QED) is 0.855. The van der Waals surface area contributed by atoms with Gasteiger partial charge in [-0.2, -0.15) is 0 Å². The number of hydrogen-bond donors (Lipinski definition) is 2. The minimum absolute atomic E-state index is 0.0264. The molecule has 2 aliphatic rings. The number of aliphatic hydroxyl groups excluding tert-OH is 1. The van der Waals surface area contributed by atoms with E-state index in [-0.39, 0.29) is 30.3 Å². The molecule has 0 spiro atoms. The highest BCUT2D eigenvalue weighted by molar-refractivity contribution is 6.04. The summed E-state index contributed by atoms with van der Waals surface area (Å²) in [5.74, 6) is -0.444. The Labute approximate surface area is 136 Å². The largest absolute Gasteiger partial charge is 0.392 e. The van der Waals surface area contributed by atoms with E-state index < -0.39 is 0 Å². The van der Waals surface area contributed by atoms with Crippen LogP contribution >= 0.6 is 0 Å². The van der Waals surface area contributed by atoms with Crippen LogP contribution < -0.4 is 5.32 Å². The fourth-order valence-corrected chi connectivity index (χ4v) is 3.34. The van der Waals surface area contributed by atoms with E-state index in [0.717, 1.165) is 24.3 Å². The standard InChI is InChI=1S/C17H23N3O3/c1-12(21)11-19-6-8-20(9-7-19)16(22)10-14-13-4-2-3-5-15(13)18-17(14)23/h2-5,12,14,21H,6-11H2,1H3,(H,18,23)/t12-,14+/m1/s1. The molecular weight excluding hydrogens is 294 g/mol. The zero-order valence-corrected chi connectivity index (χ0v) is 13.4. The first-order valence-corrected chi connectivity index (χ1v) is 8.12. The Balaban J connectivity index is 1.57. The molecule has 0 radical (unpaired) electrons. The van der Waals surface area contributed by atoms with E-state index in [1.807, 2.05) is 29.2 Å². The van der Waals surface area contributed by atoms with Gasteiger partial charge >= 0.3 is 0 Å². The molecule has 6 heteroatoms. The van der Waals surface area contributed by atoms with Crippen LogP contribution in [0.2, 0.25) is 0 Å². The molecule has 23 heavy (non-hydrogen) atoms. The number of carbonyl (C=O) groups excluding carboxylic acids is 2. The van der Waals surface area contributed by atoms with Crippen LogP contribution in [0.1, 0.15) is 24.8 Å². The molecule has 0 bridgehead atoms. The second-order valence-electron chi connectivity index (χ2n) is 6.36. The van der Waals surface area contributed by atoms with Crippen LogP contribution in [-0.4, -0.2) is 65.5 Å². The Kier molecular flexibility index (Phi) is 4.63. The van der Waals surface area contributed by atoms with Crippen LogP contribution in [0.3, 0.4) is 0 Å². The van der Waals surface area contributed by atoms with Crippen molar-refractivity contribution in [2.75, 3.05) is 38.0 Å². The number of hydrogen-bond acceptors (Lipinski definition) is 4. The van der Waals surface area contributed by atoms with Crippen LogP contribution in [0.25, 0.3) is 0 Å². The van der Waals surface area contributed by atoms with Crippen LogP contribution in [0, 0.1) is 0 Å². The van der Waals surface area contributed by atoms with Crippen molar-refractivity contribution in [3.63, 3.8) is 0 Å². The van der Waals surface area contributed by atoms with Crippen molar-refractivity contribution < 1.29 is 14.7 Å². The summed E-state index contributed by atoms with van der Waals surface area (Å²) in [7, 11) is 0. The Morgan fingerprint density at radius 2 is 2.00 bits per heavy atom. The van der Waals surface area contributed by atoms with Gasteiger partial charge in [0, 0.05) is 44.8 Å². The number of para-hydroxylation sites is 1. The van der Waals surface area contributed by atoms with Gasteiger partial charge in [0.15, 0.2) is 0 Å². The Morgan fingerprint density at radius 1 is 1.30 bits per heavy atom. The maximum Gasteiger partial charge on any atom is 0.232 e. The number of rotatable bonds is 4. The Bertz CT molecular complexity index is 595. The minimum atomic E-state index is -0.380. The van der Waals surface area contributed by atoms with Gasteiger partial charge in [-0.3, -0.25) is 14.5 Å². The molecule has 3 rings (SSSR count). The van der Waals surface area contributed by atoms with E-state index in [0.29, 0.717) is 19.6 Å². The van der Waals surface area contributed by atoms with Crippen LogP contribution in [0.15, 0.2) is 24.3 Å². The van der Waals surface area contributed by atoms with Crippen molar-refractivity contribution in [1.82, 2.24) is 9.80 Å². The summed E-state index contributed by atoms with van der Waals surface area (Å²) in [6, 6.07) is 7.55. The molecule has 0 saturated carbocycles. The molecular formula is C17H23N3O3. The van der Waals surface area contributed by atoms with Gasteiger partial charge in [-0.1, -0.05) is 18.2 Å². The first-order chi connectivity index (χ1) is 11.0. The number of fused-ring (bicyclic) bond motifs is 1. The van der Waals surface area contributed by atoms with Gasteiger partial charge in [0.25, 0.3) is 0 Å². The fraction of sp³-hybridized carbons (Fsp3) is 0.529. The molecule has 2 heterocycles. The van der Waals surface area contributed by atoms with Gasteiger partial charge in [-0.25, -0.2) is 0 Å². The summed E-state index contributed by atoms with van der Waals surface area (Å²) in [5, 5.41) is 12.3. The molecule has 2 atom stereocenters. The normalized spacial score (nSPS) is 22.6. The highest BCUT2D eigenvalue weighted by Crippen LogP contribution is 2.34. The van der Waals surface area contributed by atoms with Crippen molar-refractivity contribution in [3.8, 4) is 0 Å². The van der Waals surface area contributed by atoms with Crippen LogP contribution in [-0.2, 0) is 9.59 Å². The average molecular weight is 317 g/mol. The number of piperazine rings is 1. The molecule has 124 valence electrons. The zero-order chi connectivity index (χ0) is 16.4. The summed E-state index contributed by atoms with van der Waals surface area (Å²) in [4.78, 5) is 28.6. The Hall–Kier alpha value is -1.92. The maximum atomic E-state index is 12.5. The van der Waals surface area contributed by atoms with E-state index >= 15 is 0 Å². The van der Waals surface area contributed by atoms with Crippen molar-refractivity contribution in [2.45, 2.75) is 25.4 Å². The van der Waals surface area contributed by atoms with Crippen molar-refractivity contribution in [2.24, 2.45) is 0 Å². The van der Waals surface area contributed by atoms with Gasteiger partial charge in [-0.15, -0.1) is 0 Å². The number of nitrogens with zero attached hydrogens (tertiary/aromatic N) is 2. The van der Waals surface area contributed by atoms with Crippen molar-refractivity contribution in [3.05, 3.63) is 29.8 Å². The van der Waals surface area contributed by atoms with E-state index in [4.69, 9.17) is 0 Å². The summed E-state index contributed by atoms with van der Waals surface area (Å²) in [5.41, 5.74) is 1.73. The third kappa shape index (κ3) is 3.54. The SMILES string of the molecule is C[C@@H](O)CN1CCN(C(=O)C[C@@H]2C(=O)Nc3ccccc32)CC1. The average Bonchev–Trinajstić information content (AvgIpc) is 2.83. The van der Waals surface area contributed by atoms with Gasteiger partial charge in [0.2, 0.25) is 11.8 Å². The van der Waals surface area contributed by atoms with Gasteiger partial charge in [0.1, 0.15) is 0 Å². The van der Waals surface area contributed by atoms with E-state index in [1.165, 1.54) is 0 Å². The lowest BCUT2D eigenvalue weighted by atomic mass is 9.96. The smallest absolute Gasteiger partial charge is 0.232 e. The number of benzene rings is 1. The summed E-state index contributed by atoms with van der Waals surface area (Å²) in [6.45, 7) is 5.26. The van der Waals surface area contributed by atoms with Crippen molar-refractivity contribution >= 4 is 17.5 Å². The maximum absolute atomic E-state index is 12.5. The summed E-state index contributed by atoms with van der Waals surface area (Å²) in [6.07, 6.45) is -0.130. The lowest BCUT2D eigenvalue weighted by Gasteiger charge is -2.35. The first-order valence-electron chi connectivity index (χ1n) is 8.12. The molecule has 1 aromatic carbocycles. The van der Waals surface area contributed by atoms with E-state index in [9.17, 15) is 14.7 Å². The van der Waals surface area contributed by atoms with Gasteiger partial charge in [0.05, 0.1) is 12.0 Å². The second kappa shape index (κ2) is 6.68. The third-order valence-corrected chi connectivity index (χ3v) is 4.54. The molecule has 2 amide bonds. The highest BCUT2D eigenvalue weighted by atomic mass is 16.3. The molecule has 0 aromatic heterocycles. The molecule has 6 nitrogen and oxygen atoms in total.